The minimum atomic E-state index is -5.33. The summed E-state index contributed by atoms with van der Waals surface area (Å²) in [5, 5.41) is 7.58. The number of nitrogens with zero attached hydrogens (tertiary/aromatic N) is 4. The number of nitrogens with one attached hydrogen (secondary N) is 4. The molecular weight excluding hydrogens is 759 g/mol. The number of benzene rings is 1. The summed E-state index contributed by atoms with van der Waals surface area (Å²) in [5.74, 6) is -6.15. The Morgan fingerprint density at radius 3 is 2.33 bits per heavy atom. The predicted molar refractivity (Wildman–Crippen MR) is 197 cm³/mol. The largest absolute Gasteiger partial charge is 0.471 e. The number of alkyl halides is 3. The number of carbonyl (C=O) groups is 5. The molecule has 2 heterocycles. The number of rotatable bonds is 18. The molecule has 0 unspecified atom stereocenters. The maximum absolute atomic E-state index is 13.7. The van der Waals surface area contributed by atoms with Crippen LogP contribution < -0.4 is 32.1 Å². The Morgan fingerprint density at radius 2 is 1.70 bits per heavy atom. The maximum atomic E-state index is 13.7. The second-order valence-electron chi connectivity index (χ2n) is 13.4. The van der Waals surface area contributed by atoms with E-state index in [1.807, 2.05) is 0 Å². The van der Waals surface area contributed by atoms with Crippen molar-refractivity contribution in [2.24, 2.45) is 11.7 Å². The third kappa shape index (κ3) is 12.5. The van der Waals surface area contributed by atoms with Crippen LogP contribution in [0.15, 0.2) is 35.3 Å². The molecule has 21 heteroatoms. The third-order valence-corrected chi connectivity index (χ3v) is 8.82. The molecule has 57 heavy (non-hydrogen) atoms. The van der Waals surface area contributed by atoms with Crippen LogP contribution in [0.25, 0.3) is 11.2 Å². The highest BCUT2D eigenvalue weighted by Gasteiger charge is 2.43. The number of aromatic amines is 1. The van der Waals surface area contributed by atoms with Crippen molar-refractivity contribution in [3.05, 3.63) is 52.1 Å². The fraction of sp³-hybridized carbons (Fsp3) is 0.528. The summed E-state index contributed by atoms with van der Waals surface area (Å²) in [6, 6.07) is 3.16. The first-order valence-corrected chi connectivity index (χ1v) is 18.2. The minimum absolute atomic E-state index is 0.0920. The van der Waals surface area contributed by atoms with E-state index in [2.05, 4.69) is 35.9 Å². The number of esters is 1. The molecule has 1 atom stereocenters. The summed E-state index contributed by atoms with van der Waals surface area (Å²) in [7, 11) is 1.10. The van der Waals surface area contributed by atoms with Crippen LogP contribution in [0.5, 0.6) is 0 Å². The molecule has 0 saturated heterocycles. The van der Waals surface area contributed by atoms with Gasteiger partial charge in [0.1, 0.15) is 6.04 Å². The van der Waals surface area contributed by atoms with Crippen molar-refractivity contribution in [1.82, 2.24) is 30.6 Å². The van der Waals surface area contributed by atoms with Gasteiger partial charge in [-0.1, -0.05) is 20.3 Å². The van der Waals surface area contributed by atoms with Crippen molar-refractivity contribution in [2.75, 3.05) is 43.6 Å². The minimum Gasteiger partial charge on any atom is -0.467 e. The summed E-state index contributed by atoms with van der Waals surface area (Å²) < 4.78 is 57.9. The zero-order chi connectivity index (χ0) is 41.8. The van der Waals surface area contributed by atoms with Gasteiger partial charge in [-0.05, 0) is 43.5 Å². The number of ether oxygens (including phenoxy) is 3. The summed E-state index contributed by atoms with van der Waals surface area (Å²) in [6.07, 6.45) is -0.186. The average Bonchev–Trinajstić information content (AvgIpc) is 3.19. The summed E-state index contributed by atoms with van der Waals surface area (Å²) >= 11 is 0. The number of carbonyl (C=O) groups excluding carboxylic acids is 5. The van der Waals surface area contributed by atoms with Crippen LogP contribution in [0.4, 0.5) is 24.8 Å². The van der Waals surface area contributed by atoms with E-state index in [0.29, 0.717) is 18.1 Å². The van der Waals surface area contributed by atoms with Gasteiger partial charge in [-0.2, -0.15) is 18.2 Å². The van der Waals surface area contributed by atoms with Crippen molar-refractivity contribution < 1.29 is 51.4 Å². The molecule has 3 aromatic rings. The third-order valence-electron chi connectivity index (χ3n) is 8.82. The van der Waals surface area contributed by atoms with Gasteiger partial charge in [-0.3, -0.25) is 39.2 Å². The van der Waals surface area contributed by atoms with E-state index in [4.69, 9.17) is 19.9 Å². The fourth-order valence-corrected chi connectivity index (χ4v) is 5.83. The Hall–Kier alpha value is -5.54. The quantitative estimate of drug-likeness (QED) is 0.0704. The van der Waals surface area contributed by atoms with Gasteiger partial charge in [0, 0.05) is 49.5 Å². The highest BCUT2D eigenvalue weighted by molar-refractivity contribution is 5.99. The molecular formula is C36H46F3N9O9. The molecule has 18 nitrogen and oxygen atoms in total. The molecule has 1 fully saturated rings. The van der Waals surface area contributed by atoms with Gasteiger partial charge in [0.2, 0.25) is 17.8 Å². The zero-order valence-electron chi connectivity index (χ0n) is 31.7. The molecule has 4 amide bonds. The second-order valence-corrected chi connectivity index (χ2v) is 13.4. The maximum Gasteiger partial charge on any atom is 0.471 e. The van der Waals surface area contributed by atoms with E-state index < -0.39 is 65.6 Å². The molecule has 1 saturated carbocycles. The Kier molecular flexibility index (Phi) is 15.5. The Balaban J connectivity index is 1.40. The van der Waals surface area contributed by atoms with Gasteiger partial charge in [0.15, 0.2) is 17.0 Å². The lowest BCUT2D eigenvalue weighted by Crippen LogP contribution is -2.43. The van der Waals surface area contributed by atoms with Gasteiger partial charge < -0.3 is 30.6 Å². The Bertz CT molecular complexity index is 1950. The van der Waals surface area contributed by atoms with E-state index in [-0.39, 0.29) is 60.1 Å². The molecule has 0 radical (unpaired) electrons. The molecule has 1 aliphatic carbocycles. The first-order valence-electron chi connectivity index (χ1n) is 18.2. The highest BCUT2D eigenvalue weighted by Crippen LogP contribution is 2.32. The molecule has 4 rings (SSSR count). The summed E-state index contributed by atoms with van der Waals surface area (Å²) in [4.78, 5) is 90.2. The lowest BCUT2D eigenvalue weighted by atomic mass is 9.94. The second kappa shape index (κ2) is 20.1. The SMILES string of the molecule is COC(=O)[C@H](CCC(=O)NCCOC1(OCCN)CCCCC1)NC(=O)c1ccc(N(Cc2cnc3nc(NC(=O)C(C)C)[nH]c(=O)c3n2)C(=O)C(F)(F)F)cc1. The smallest absolute Gasteiger partial charge is 0.467 e. The number of methoxy groups -OCH3 is 1. The number of anilines is 2. The monoisotopic (exact) mass is 805 g/mol. The molecule has 0 spiro atoms. The molecule has 2 aromatic heterocycles. The summed E-state index contributed by atoms with van der Waals surface area (Å²) in [6.45, 7) is 3.51. The number of hydrogen-bond donors (Lipinski definition) is 5. The molecule has 6 N–H and O–H groups in total. The van der Waals surface area contributed by atoms with E-state index in [1.165, 1.54) is 0 Å². The number of nitrogens with two attached hydrogens (primary N) is 1. The first-order chi connectivity index (χ1) is 27.1. The normalized spacial score (nSPS) is 14.5. The molecule has 310 valence electrons. The van der Waals surface area contributed by atoms with E-state index in [9.17, 15) is 41.9 Å². The molecule has 0 bridgehead atoms. The molecule has 1 aromatic carbocycles. The lowest BCUT2D eigenvalue weighted by molar-refractivity contribution is -0.250. The van der Waals surface area contributed by atoms with Gasteiger partial charge in [-0.25, -0.2) is 14.8 Å². The average molecular weight is 806 g/mol. The van der Waals surface area contributed by atoms with Crippen molar-refractivity contribution in [3.63, 3.8) is 0 Å². The fourth-order valence-electron chi connectivity index (χ4n) is 5.83. The number of fused-ring (bicyclic) bond motifs is 1. The summed E-state index contributed by atoms with van der Waals surface area (Å²) in [5.41, 5.74) is 3.58. The number of H-pyrrole nitrogens is 1. The van der Waals surface area contributed by atoms with Gasteiger partial charge in [0.25, 0.3) is 11.5 Å². The van der Waals surface area contributed by atoms with Gasteiger partial charge >= 0.3 is 18.1 Å². The van der Waals surface area contributed by atoms with E-state index in [1.54, 1.807) is 13.8 Å². The van der Waals surface area contributed by atoms with Crippen molar-refractivity contribution in [2.45, 2.75) is 83.3 Å². The van der Waals surface area contributed by atoms with Gasteiger partial charge in [0.05, 0.1) is 38.8 Å². The number of halogens is 3. The van der Waals surface area contributed by atoms with Gasteiger partial charge in [-0.15, -0.1) is 0 Å². The number of aromatic nitrogens is 4. The predicted octanol–water partition coefficient (Wildman–Crippen LogP) is 2.22. The Morgan fingerprint density at radius 1 is 1.02 bits per heavy atom. The van der Waals surface area contributed by atoms with Crippen LogP contribution in [0.3, 0.4) is 0 Å². The van der Waals surface area contributed by atoms with E-state index >= 15 is 0 Å². The van der Waals surface area contributed by atoms with Crippen molar-refractivity contribution in [3.8, 4) is 0 Å². The van der Waals surface area contributed by atoms with Crippen LogP contribution in [-0.4, -0.2) is 101 Å². The highest BCUT2D eigenvalue weighted by atomic mass is 19.4. The molecule has 0 aliphatic heterocycles. The van der Waals surface area contributed by atoms with Crippen LogP contribution in [0.1, 0.15) is 74.8 Å². The van der Waals surface area contributed by atoms with Crippen LogP contribution in [0.2, 0.25) is 0 Å². The van der Waals surface area contributed by atoms with Crippen LogP contribution in [0, 0.1) is 5.92 Å². The van der Waals surface area contributed by atoms with Crippen LogP contribution >= 0.6 is 0 Å². The topological polar surface area (TPSA) is 250 Å². The Labute approximate surface area is 324 Å². The lowest BCUT2D eigenvalue weighted by Gasteiger charge is -2.37. The number of amides is 4. The van der Waals surface area contributed by atoms with E-state index in [0.717, 1.165) is 69.7 Å². The number of hydrogen-bond acceptors (Lipinski definition) is 13. The standard InChI is InChI=1S/C36H46F3N9O9/c1-21(2)29(50)46-34-45-28-27(31(52)47-34)43-23(19-42-28)20-48(33(54)36(37,38)39)24-9-7-22(8-10-24)30(51)44-25(32(53)55-3)11-12-26(49)41-16-18-57-35(56-17-15-40)13-5-4-6-14-35/h7-10,19,21,25H,4-6,11-18,20,40H2,1-3H3,(H,41,49)(H,44,51)(H2,42,45,46,47,50,52)/t25-/m0/s1. The first kappa shape index (κ1) is 44.2. The molecule has 1 aliphatic rings. The van der Waals surface area contributed by atoms with Crippen LogP contribution in [-0.2, 0) is 39.9 Å². The van der Waals surface area contributed by atoms with Crippen molar-refractivity contribution >= 4 is 52.4 Å². The zero-order valence-corrected chi connectivity index (χ0v) is 31.7. The van der Waals surface area contributed by atoms with Crippen molar-refractivity contribution in [1.29, 1.82) is 0 Å².